The van der Waals surface area contributed by atoms with Crippen molar-refractivity contribution >= 4 is 5.91 Å². The van der Waals surface area contributed by atoms with E-state index in [0.29, 0.717) is 6.54 Å². The van der Waals surface area contributed by atoms with Gasteiger partial charge in [0.25, 0.3) is 0 Å². The van der Waals surface area contributed by atoms with Gasteiger partial charge in [-0.1, -0.05) is 6.92 Å². The lowest BCUT2D eigenvalue weighted by Crippen LogP contribution is -2.43. The van der Waals surface area contributed by atoms with Gasteiger partial charge >= 0.3 is 0 Å². The summed E-state index contributed by atoms with van der Waals surface area (Å²) in [5.41, 5.74) is 2.43. The summed E-state index contributed by atoms with van der Waals surface area (Å²) in [5, 5.41) is 4.21. The van der Waals surface area contributed by atoms with Crippen LogP contribution in [0.15, 0.2) is 24.7 Å². The van der Waals surface area contributed by atoms with Crippen LogP contribution in [0.25, 0.3) is 0 Å². The molecule has 2 aromatic rings. The molecule has 1 saturated heterocycles. The second kappa shape index (κ2) is 7.76. The molecule has 0 aromatic carbocycles. The molecule has 4 heterocycles. The molecule has 4 rings (SSSR count). The van der Waals surface area contributed by atoms with Gasteiger partial charge < -0.3 is 9.80 Å². The Balaban J connectivity index is 1.42. The van der Waals surface area contributed by atoms with Gasteiger partial charge in [0.2, 0.25) is 5.91 Å². The summed E-state index contributed by atoms with van der Waals surface area (Å²) < 4.78 is 1.83. The van der Waals surface area contributed by atoms with E-state index < -0.39 is 0 Å². The van der Waals surface area contributed by atoms with Gasteiger partial charge in [0.15, 0.2) is 0 Å². The Morgan fingerprint density at radius 3 is 3.07 bits per heavy atom. The minimum atomic E-state index is -0.0800. The fraction of sp³-hybridized carbons (Fsp3) is 0.600. The zero-order valence-electron chi connectivity index (χ0n) is 16.2. The summed E-state index contributed by atoms with van der Waals surface area (Å²) in [6.45, 7) is 6.13. The molecule has 0 N–H and O–H groups in total. The Kier molecular flexibility index (Phi) is 5.20. The Hall–Kier alpha value is -2.28. The zero-order valence-corrected chi connectivity index (χ0v) is 16.2. The molecular formula is C20H28N6O. The maximum absolute atomic E-state index is 12.9. The van der Waals surface area contributed by atoms with Gasteiger partial charge in [0.1, 0.15) is 5.82 Å². The summed E-state index contributed by atoms with van der Waals surface area (Å²) in [5.74, 6) is 1.28. The molecule has 2 aliphatic rings. The first-order valence-corrected chi connectivity index (χ1v) is 9.89. The van der Waals surface area contributed by atoms with Gasteiger partial charge in [0, 0.05) is 68.4 Å². The van der Waals surface area contributed by atoms with Crippen LogP contribution in [-0.2, 0) is 24.3 Å². The Morgan fingerprint density at radius 2 is 2.26 bits per heavy atom. The molecule has 1 fully saturated rings. The first-order chi connectivity index (χ1) is 13.1. The summed E-state index contributed by atoms with van der Waals surface area (Å²) in [6, 6.07) is 1.89. The second-order valence-corrected chi connectivity index (χ2v) is 7.94. The molecule has 0 unspecified atom stereocenters. The number of aromatic nitrogens is 4. The molecule has 0 aliphatic carbocycles. The molecule has 7 heteroatoms. The van der Waals surface area contributed by atoms with Crippen LogP contribution in [-0.4, -0.2) is 62.1 Å². The highest BCUT2D eigenvalue weighted by atomic mass is 16.2. The average Bonchev–Trinajstić information content (AvgIpc) is 3.20. The quantitative estimate of drug-likeness (QED) is 0.822. The van der Waals surface area contributed by atoms with Crippen molar-refractivity contribution in [1.82, 2.24) is 29.5 Å². The van der Waals surface area contributed by atoms with Crippen molar-refractivity contribution in [3.63, 3.8) is 0 Å². The molecule has 1 amide bonds. The lowest BCUT2D eigenvalue weighted by molar-refractivity contribution is -0.136. The second-order valence-electron chi connectivity index (χ2n) is 7.94. The predicted octanol–water partition coefficient (Wildman–Crippen LogP) is 1.70. The number of hydrogen-bond acceptors (Lipinski definition) is 5. The number of amides is 1. The van der Waals surface area contributed by atoms with Gasteiger partial charge in [-0.05, 0) is 26.0 Å². The van der Waals surface area contributed by atoms with Gasteiger partial charge in [-0.25, -0.2) is 9.97 Å². The lowest BCUT2D eigenvalue weighted by Gasteiger charge is -2.34. The van der Waals surface area contributed by atoms with E-state index in [1.165, 1.54) is 11.3 Å². The summed E-state index contributed by atoms with van der Waals surface area (Å²) >= 11 is 0. The van der Waals surface area contributed by atoms with E-state index in [-0.39, 0.29) is 17.7 Å². The third-order valence-electron chi connectivity index (χ3n) is 5.68. The Bertz CT molecular complexity index is 790. The summed E-state index contributed by atoms with van der Waals surface area (Å²) in [6.07, 6.45) is 8.69. The molecule has 27 heavy (non-hydrogen) atoms. The van der Waals surface area contributed by atoms with Crippen LogP contribution in [0.1, 0.15) is 42.8 Å². The van der Waals surface area contributed by atoms with Crippen molar-refractivity contribution in [2.75, 3.05) is 26.7 Å². The highest BCUT2D eigenvalue weighted by molar-refractivity contribution is 5.78. The van der Waals surface area contributed by atoms with Gasteiger partial charge in [-0.2, -0.15) is 5.10 Å². The van der Waals surface area contributed by atoms with Gasteiger partial charge in [0.05, 0.1) is 12.5 Å². The van der Waals surface area contributed by atoms with Crippen molar-refractivity contribution < 1.29 is 4.79 Å². The number of likely N-dealkylation sites (N-methyl/N-ethyl adjacent to an activating group) is 1. The number of piperidine rings is 1. The summed E-state index contributed by atoms with van der Waals surface area (Å²) in [7, 11) is 2.13. The number of carbonyl (C=O) groups is 1. The molecule has 0 spiro atoms. The average molecular weight is 368 g/mol. The largest absolute Gasteiger partial charge is 0.342 e. The maximum Gasteiger partial charge on any atom is 0.227 e. The first-order valence-electron chi connectivity index (χ1n) is 9.89. The van der Waals surface area contributed by atoms with Crippen LogP contribution in [0, 0.1) is 5.92 Å². The zero-order chi connectivity index (χ0) is 18.8. The number of likely N-dealkylation sites (tertiary alicyclic amines) is 1. The van der Waals surface area contributed by atoms with Gasteiger partial charge in [-0.15, -0.1) is 0 Å². The molecule has 144 valence electrons. The van der Waals surface area contributed by atoms with Crippen LogP contribution >= 0.6 is 0 Å². The number of fused-ring (bicyclic) bond motifs is 1. The molecule has 2 atom stereocenters. The van der Waals surface area contributed by atoms with Crippen LogP contribution < -0.4 is 0 Å². The van der Waals surface area contributed by atoms with E-state index >= 15 is 0 Å². The molecule has 2 aromatic heterocycles. The Morgan fingerprint density at radius 1 is 1.37 bits per heavy atom. The highest BCUT2D eigenvalue weighted by Crippen LogP contribution is 2.27. The SMILES string of the molecule is C[C@@H](Cn1cccn1)C(=O)N1CCC[C@H](c2ncc3c(n2)CCN(C)C3)C1. The smallest absolute Gasteiger partial charge is 0.227 e. The van der Waals surface area contributed by atoms with Crippen molar-refractivity contribution in [3.05, 3.63) is 41.7 Å². The van der Waals surface area contributed by atoms with Crippen molar-refractivity contribution in [2.24, 2.45) is 5.92 Å². The molecule has 7 nitrogen and oxygen atoms in total. The van der Waals surface area contributed by atoms with Crippen molar-refractivity contribution in [1.29, 1.82) is 0 Å². The molecule has 0 radical (unpaired) electrons. The van der Waals surface area contributed by atoms with Crippen molar-refractivity contribution in [2.45, 2.75) is 45.2 Å². The monoisotopic (exact) mass is 368 g/mol. The predicted molar refractivity (Wildman–Crippen MR) is 102 cm³/mol. The third kappa shape index (κ3) is 4.03. The van der Waals surface area contributed by atoms with Crippen LogP contribution in [0.5, 0.6) is 0 Å². The maximum atomic E-state index is 12.9. The third-order valence-corrected chi connectivity index (χ3v) is 5.68. The number of rotatable bonds is 4. The van der Waals surface area contributed by atoms with Crippen molar-refractivity contribution in [3.8, 4) is 0 Å². The van der Waals surface area contributed by atoms with E-state index in [4.69, 9.17) is 4.98 Å². The molecule has 2 aliphatic heterocycles. The normalized spacial score (nSPS) is 21.7. The topological polar surface area (TPSA) is 67.2 Å². The van der Waals surface area contributed by atoms with E-state index in [1.54, 1.807) is 6.20 Å². The number of hydrogen-bond donors (Lipinski definition) is 0. The van der Waals surface area contributed by atoms with E-state index in [2.05, 4.69) is 22.0 Å². The van der Waals surface area contributed by atoms with Gasteiger partial charge in [-0.3, -0.25) is 9.48 Å². The lowest BCUT2D eigenvalue weighted by atomic mass is 9.95. The highest BCUT2D eigenvalue weighted by Gasteiger charge is 2.29. The number of carbonyl (C=O) groups excluding carboxylic acids is 1. The van der Waals surface area contributed by atoms with Crippen LogP contribution in [0.4, 0.5) is 0 Å². The standard InChI is InChI=1S/C20H28N6O/c1-15(12-26-9-4-7-22-26)20(27)25-8-3-5-16(14-25)19-21-11-17-13-24(2)10-6-18(17)23-19/h4,7,9,11,15-16H,3,5-6,8,10,12-14H2,1-2H3/t15-,16-/m0/s1. The van der Waals surface area contributed by atoms with E-state index in [1.807, 2.05) is 35.0 Å². The fourth-order valence-electron chi connectivity index (χ4n) is 4.14. The van der Waals surface area contributed by atoms with E-state index in [0.717, 1.165) is 51.3 Å². The minimum absolute atomic E-state index is 0.0800. The van der Waals surface area contributed by atoms with E-state index in [9.17, 15) is 4.79 Å². The fourth-order valence-corrected chi connectivity index (χ4v) is 4.14. The Labute approximate surface area is 160 Å². The van der Waals surface area contributed by atoms with Crippen LogP contribution in [0.3, 0.4) is 0 Å². The molecular weight excluding hydrogens is 340 g/mol. The molecule has 0 bridgehead atoms. The summed E-state index contributed by atoms with van der Waals surface area (Å²) in [4.78, 5) is 26.7. The van der Waals surface area contributed by atoms with Crippen LogP contribution in [0.2, 0.25) is 0 Å². The number of nitrogens with zero attached hydrogens (tertiary/aromatic N) is 6. The first kappa shape index (κ1) is 18.1. The molecule has 0 saturated carbocycles. The minimum Gasteiger partial charge on any atom is -0.342 e.